The van der Waals surface area contributed by atoms with Crippen molar-refractivity contribution in [3.05, 3.63) is 71.5 Å². The zero-order valence-corrected chi connectivity index (χ0v) is 16.9. The van der Waals surface area contributed by atoms with E-state index in [1.807, 2.05) is 0 Å². The smallest absolute Gasteiger partial charge is 0.381 e. The summed E-state index contributed by atoms with van der Waals surface area (Å²) in [6, 6.07) is 13.0. The van der Waals surface area contributed by atoms with Gasteiger partial charge in [0.05, 0.1) is 5.54 Å². The van der Waals surface area contributed by atoms with Crippen molar-refractivity contribution in [3.8, 4) is 0 Å². The molecule has 0 aromatic heterocycles. The van der Waals surface area contributed by atoms with E-state index in [1.165, 1.54) is 37.3 Å². The summed E-state index contributed by atoms with van der Waals surface area (Å²) in [5.41, 5.74) is -1.97. The summed E-state index contributed by atoms with van der Waals surface area (Å²) < 4.78 is 59.2. The minimum atomic E-state index is -5.05. The van der Waals surface area contributed by atoms with Gasteiger partial charge in [0, 0.05) is 18.2 Å². The lowest BCUT2D eigenvalue weighted by Crippen LogP contribution is -2.61. The van der Waals surface area contributed by atoms with Gasteiger partial charge >= 0.3 is 6.18 Å². The lowest BCUT2D eigenvalue weighted by atomic mass is 9.82. The lowest BCUT2D eigenvalue weighted by molar-refractivity contribution is -0.244. The Balaban J connectivity index is 2.40. The number of aliphatic hydroxyl groups is 1. The summed E-state index contributed by atoms with van der Waals surface area (Å²) in [5, 5.41) is 14.4. The first-order valence-electron chi connectivity index (χ1n) is 8.72. The van der Waals surface area contributed by atoms with Crippen molar-refractivity contribution in [2.24, 2.45) is 0 Å². The van der Waals surface area contributed by atoms with E-state index in [0.29, 0.717) is 0 Å². The number of benzene rings is 2. The van der Waals surface area contributed by atoms with Crippen LogP contribution in [0.2, 0.25) is 0 Å². The van der Waals surface area contributed by atoms with Crippen LogP contribution in [0.25, 0.3) is 0 Å². The highest BCUT2D eigenvalue weighted by Gasteiger charge is 2.53. The van der Waals surface area contributed by atoms with Crippen molar-refractivity contribution in [1.29, 1.82) is 0 Å². The highest BCUT2D eigenvalue weighted by molar-refractivity contribution is 7.80. The van der Waals surface area contributed by atoms with Crippen LogP contribution in [-0.4, -0.2) is 41.6 Å². The second-order valence-electron chi connectivity index (χ2n) is 6.60. The van der Waals surface area contributed by atoms with Crippen LogP contribution in [0.5, 0.6) is 0 Å². The van der Waals surface area contributed by atoms with Crippen molar-refractivity contribution in [2.75, 3.05) is 7.11 Å². The standard InChI is InChI=1S/C20H20F4N2O3S/c1-19(13-10-6-7-11-14(13)21,16(29-2)15(27)20(22,23)24)26-18(30)25-17(28)12-8-4-3-5-9-12/h3-11,15-16,27H,1-2H3,(H2,25,26,28,30)/t15-,16-,19+/m0/s1. The number of amides is 1. The van der Waals surface area contributed by atoms with E-state index in [4.69, 9.17) is 17.0 Å². The van der Waals surface area contributed by atoms with Crippen LogP contribution in [0, 0.1) is 5.82 Å². The summed E-state index contributed by atoms with van der Waals surface area (Å²) in [6.07, 6.45) is -10.0. The summed E-state index contributed by atoms with van der Waals surface area (Å²) in [5.74, 6) is -1.46. The molecule has 3 N–H and O–H groups in total. The monoisotopic (exact) mass is 444 g/mol. The minimum Gasteiger partial charge on any atom is -0.381 e. The number of rotatable bonds is 6. The van der Waals surface area contributed by atoms with Crippen molar-refractivity contribution in [3.63, 3.8) is 0 Å². The molecule has 0 unspecified atom stereocenters. The van der Waals surface area contributed by atoms with E-state index < -0.39 is 35.6 Å². The molecule has 162 valence electrons. The summed E-state index contributed by atoms with van der Waals surface area (Å²) in [4.78, 5) is 12.3. The number of nitrogens with one attached hydrogen (secondary N) is 2. The molecular weight excluding hydrogens is 424 g/mol. The van der Waals surface area contributed by atoms with Gasteiger partial charge in [-0.15, -0.1) is 0 Å². The Hall–Kier alpha value is -2.56. The van der Waals surface area contributed by atoms with E-state index >= 15 is 0 Å². The third-order valence-corrected chi connectivity index (χ3v) is 4.72. The molecule has 0 saturated heterocycles. The highest BCUT2D eigenvalue weighted by Crippen LogP contribution is 2.35. The van der Waals surface area contributed by atoms with Crippen molar-refractivity contribution < 1.29 is 32.2 Å². The fraction of sp³-hybridized carbons (Fsp3) is 0.300. The highest BCUT2D eigenvalue weighted by atomic mass is 32.1. The number of hydrogen-bond donors (Lipinski definition) is 3. The molecule has 0 spiro atoms. The van der Waals surface area contributed by atoms with Gasteiger partial charge in [-0.05, 0) is 37.3 Å². The molecule has 0 aliphatic carbocycles. The van der Waals surface area contributed by atoms with Crippen LogP contribution in [0.4, 0.5) is 17.6 Å². The van der Waals surface area contributed by atoms with Crippen molar-refractivity contribution in [1.82, 2.24) is 10.6 Å². The topological polar surface area (TPSA) is 70.6 Å². The fourth-order valence-electron chi connectivity index (χ4n) is 3.06. The molecule has 0 aliphatic heterocycles. The Bertz CT molecular complexity index is 895. The maximum Gasteiger partial charge on any atom is 0.417 e. The molecule has 1 amide bonds. The van der Waals surface area contributed by atoms with E-state index in [9.17, 15) is 27.5 Å². The molecule has 0 radical (unpaired) electrons. The Morgan fingerprint density at radius 1 is 1.10 bits per heavy atom. The maximum absolute atomic E-state index is 14.5. The number of aliphatic hydroxyl groups excluding tert-OH is 1. The molecule has 3 atom stereocenters. The van der Waals surface area contributed by atoms with Crippen LogP contribution in [0.3, 0.4) is 0 Å². The average molecular weight is 444 g/mol. The van der Waals surface area contributed by atoms with Gasteiger partial charge in [0.15, 0.2) is 11.2 Å². The average Bonchev–Trinajstić information content (AvgIpc) is 2.68. The van der Waals surface area contributed by atoms with Crippen LogP contribution >= 0.6 is 12.2 Å². The number of alkyl halides is 3. The van der Waals surface area contributed by atoms with E-state index in [2.05, 4.69) is 10.6 Å². The van der Waals surface area contributed by atoms with Gasteiger partial charge in [0.1, 0.15) is 11.9 Å². The predicted octanol–water partition coefficient (Wildman–Crippen LogP) is 3.28. The second-order valence-corrected chi connectivity index (χ2v) is 7.01. The molecule has 0 saturated carbocycles. The molecule has 2 aromatic carbocycles. The molecule has 0 bridgehead atoms. The largest absolute Gasteiger partial charge is 0.417 e. The molecular formula is C20H20F4N2O3S. The van der Waals surface area contributed by atoms with Crippen LogP contribution in [0.15, 0.2) is 54.6 Å². The Morgan fingerprint density at radius 3 is 2.20 bits per heavy atom. The number of carbonyl (C=O) groups excluding carboxylic acids is 1. The maximum atomic E-state index is 14.5. The summed E-state index contributed by atoms with van der Waals surface area (Å²) >= 11 is 5.08. The fourth-order valence-corrected chi connectivity index (χ4v) is 3.36. The van der Waals surface area contributed by atoms with Gasteiger partial charge in [-0.2, -0.15) is 13.2 Å². The van der Waals surface area contributed by atoms with E-state index in [1.54, 1.807) is 18.2 Å². The number of halogens is 4. The van der Waals surface area contributed by atoms with E-state index in [-0.39, 0.29) is 16.2 Å². The number of ether oxygens (including phenoxy) is 1. The SMILES string of the molecule is CO[C@@H]([C@H](O)C(F)(F)F)[C@](C)(NC(=S)NC(=O)c1ccccc1)c1ccccc1F. The van der Waals surface area contributed by atoms with Gasteiger partial charge < -0.3 is 15.2 Å². The van der Waals surface area contributed by atoms with Crippen molar-refractivity contribution in [2.45, 2.75) is 30.8 Å². The zero-order valence-electron chi connectivity index (χ0n) is 16.0. The van der Waals surface area contributed by atoms with Crippen LogP contribution < -0.4 is 10.6 Å². The van der Waals surface area contributed by atoms with Crippen LogP contribution in [0.1, 0.15) is 22.8 Å². The molecule has 0 heterocycles. The van der Waals surface area contributed by atoms with Crippen molar-refractivity contribution >= 4 is 23.2 Å². The normalized spacial score (nSPS) is 15.6. The van der Waals surface area contributed by atoms with E-state index in [0.717, 1.165) is 13.2 Å². The zero-order chi connectivity index (χ0) is 22.5. The molecule has 10 heteroatoms. The second kappa shape index (κ2) is 9.50. The third kappa shape index (κ3) is 5.32. The Labute approximate surface area is 176 Å². The molecule has 0 aliphatic rings. The first-order chi connectivity index (χ1) is 14.0. The van der Waals surface area contributed by atoms with Crippen LogP contribution in [-0.2, 0) is 10.3 Å². The van der Waals surface area contributed by atoms with Gasteiger partial charge in [-0.3, -0.25) is 10.1 Å². The molecule has 0 fully saturated rings. The Morgan fingerprint density at radius 2 is 1.67 bits per heavy atom. The third-order valence-electron chi connectivity index (χ3n) is 4.51. The minimum absolute atomic E-state index is 0.239. The number of carbonyl (C=O) groups is 1. The number of methoxy groups -OCH3 is 1. The molecule has 30 heavy (non-hydrogen) atoms. The molecule has 2 aromatic rings. The molecule has 2 rings (SSSR count). The predicted molar refractivity (Wildman–Crippen MR) is 106 cm³/mol. The summed E-state index contributed by atoms with van der Waals surface area (Å²) in [6.45, 7) is 1.19. The number of hydrogen-bond acceptors (Lipinski definition) is 4. The quantitative estimate of drug-likeness (QED) is 0.471. The van der Waals surface area contributed by atoms with Gasteiger partial charge in [-0.1, -0.05) is 36.4 Å². The summed E-state index contributed by atoms with van der Waals surface area (Å²) in [7, 11) is 0.950. The number of thiocarbonyl (C=S) groups is 1. The van der Waals surface area contributed by atoms with Gasteiger partial charge in [0.25, 0.3) is 5.91 Å². The van der Waals surface area contributed by atoms with Gasteiger partial charge in [0.2, 0.25) is 0 Å². The first-order valence-corrected chi connectivity index (χ1v) is 9.12. The first kappa shape index (κ1) is 23.7. The molecule has 5 nitrogen and oxygen atoms in total. The lowest BCUT2D eigenvalue weighted by Gasteiger charge is -2.41. The van der Waals surface area contributed by atoms with Gasteiger partial charge in [-0.25, -0.2) is 4.39 Å². The Kier molecular flexibility index (Phi) is 7.51.